The van der Waals surface area contributed by atoms with Crippen LogP contribution in [0.5, 0.6) is 0 Å². The third-order valence-corrected chi connectivity index (χ3v) is 4.65. The standard InChI is InChI=1S/C15H27N3O3/c1-3-5-16-7-9-17(10-8-16)15(21)18-6-4-13(14(19)20)11-12(18)2/h12-13H,3-11H2,1-2H3,(H,19,20). The first-order valence-corrected chi connectivity index (χ1v) is 8.03. The van der Waals surface area contributed by atoms with Crippen LogP contribution in [0.1, 0.15) is 33.1 Å². The number of carboxylic acid groups (broad SMARTS) is 1. The molecule has 0 aromatic carbocycles. The highest BCUT2D eigenvalue weighted by molar-refractivity contribution is 5.76. The van der Waals surface area contributed by atoms with Gasteiger partial charge in [0.15, 0.2) is 0 Å². The van der Waals surface area contributed by atoms with Crippen molar-refractivity contribution in [2.45, 2.75) is 39.2 Å². The predicted molar refractivity (Wildman–Crippen MR) is 80.2 cm³/mol. The Hall–Kier alpha value is -1.30. The average Bonchev–Trinajstić information content (AvgIpc) is 2.47. The van der Waals surface area contributed by atoms with Gasteiger partial charge in [-0.25, -0.2) is 4.79 Å². The topological polar surface area (TPSA) is 64.1 Å². The molecule has 0 aromatic rings. The van der Waals surface area contributed by atoms with E-state index in [1.807, 2.05) is 16.7 Å². The molecule has 2 amide bonds. The maximum Gasteiger partial charge on any atom is 0.320 e. The fourth-order valence-corrected chi connectivity index (χ4v) is 3.34. The summed E-state index contributed by atoms with van der Waals surface area (Å²) in [5, 5.41) is 9.09. The van der Waals surface area contributed by atoms with Crippen LogP contribution in [0, 0.1) is 5.92 Å². The van der Waals surface area contributed by atoms with Gasteiger partial charge in [0.25, 0.3) is 0 Å². The Morgan fingerprint density at radius 1 is 1.14 bits per heavy atom. The number of hydrogen-bond acceptors (Lipinski definition) is 3. The molecule has 1 N–H and O–H groups in total. The van der Waals surface area contributed by atoms with Crippen molar-refractivity contribution in [2.75, 3.05) is 39.3 Å². The van der Waals surface area contributed by atoms with Crippen LogP contribution in [0.4, 0.5) is 4.79 Å². The third-order valence-electron chi connectivity index (χ3n) is 4.65. The number of amides is 2. The molecule has 6 heteroatoms. The van der Waals surface area contributed by atoms with E-state index in [2.05, 4.69) is 11.8 Å². The van der Waals surface area contributed by atoms with Gasteiger partial charge in [-0.05, 0) is 32.7 Å². The first-order valence-electron chi connectivity index (χ1n) is 8.03. The third kappa shape index (κ3) is 3.87. The molecular formula is C15H27N3O3. The Bertz CT molecular complexity index is 380. The van der Waals surface area contributed by atoms with Crippen LogP contribution in [0.3, 0.4) is 0 Å². The molecule has 2 heterocycles. The minimum absolute atomic E-state index is 0.0148. The van der Waals surface area contributed by atoms with E-state index in [4.69, 9.17) is 5.11 Å². The van der Waals surface area contributed by atoms with Crippen LogP contribution in [-0.4, -0.2) is 77.1 Å². The first kappa shape index (κ1) is 16.1. The van der Waals surface area contributed by atoms with Gasteiger partial charge in [0, 0.05) is 38.8 Å². The summed E-state index contributed by atoms with van der Waals surface area (Å²) in [4.78, 5) is 29.8. The van der Waals surface area contributed by atoms with Gasteiger partial charge in [-0.15, -0.1) is 0 Å². The summed E-state index contributed by atoms with van der Waals surface area (Å²) in [7, 11) is 0. The molecular weight excluding hydrogens is 270 g/mol. The number of piperidine rings is 1. The molecule has 120 valence electrons. The second kappa shape index (κ2) is 7.11. The van der Waals surface area contributed by atoms with Gasteiger partial charge in [-0.3, -0.25) is 9.69 Å². The maximum absolute atomic E-state index is 12.6. The molecule has 0 saturated carbocycles. The Kier molecular flexibility index (Phi) is 5.45. The fraction of sp³-hybridized carbons (Fsp3) is 0.867. The van der Waals surface area contributed by atoms with E-state index in [1.165, 1.54) is 0 Å². The molecule has 0 spiro atoms. The smallest absolute Gasteiger partial charge is 0.320 e. The Morgan fingerprint density at radius 3 is 2.33 bits per heavy atom. The zero-order chi connectivity index (χ0) is 15.4. The zero-order valence-electron chi connectivity index (χ0n) is 13.1. The number of carboxylic acids is 1. The van der Waals surface area contributed by atoms with Crippen LogP contribution in [0.25, 0.3) is 0 Å². The van der Waals surface area contributed by atoms with Crippen LogP contribution in [-0.2, 0) is 4.79 Å². The summed E-state index contributed by atoms with van der Waals surface area (Å²) in [5.74, 6) is -1.03. The first-order chi connectivity index (χ1) is 10.0. The van der Waals surface area contributed by atoms with E-state index >= 15 is 0 Å². The van der Waals surface area contributed by atoms with E-state index in [0.29, 0.717) is 19.4 Å². The second-order valence-electron chi connectivity index (χ2n) is 6.21. The van der Waals surface area contributed by atoms with E-state index in [9.17, 15) is 9.59 Å². The summed E-state index contributed by atoms with van der Waals surface area (Å²) < 4.78 is 0. The number of likely N-dealkylation sites (tertiary alicyclic amines) is 1. The van der Waals surface area contributed by atoms with Crippen molar-refractivity contribution in [3.05, 3.63) is 0 Å². The summed E-state index contributed by atoms with van der Waals surface area (Å²) in [6, 6.07) is 0.100. The van der Waals surface area contributed by atoms with Crippen LogP contribution in [0.2, 0.25) is 0 Å². The predicted octanol–water partition coefficient (Wildman–Crippen LogP) is 1.32. The van der Waals surface area contributed by atoms with Crippen LogP contribution < -0.4 is 0 Å². The highest BCUT2D eigenvalue weighted by atomic mass is 16.4. The lowest BCUT2D eigenvalue weighted by atomic mass is 9.92. The monoisotopic (exact) mass is 297 g/mol. The molecule has 2 rings (SSSR count). The lowest BCUT2D eigenvalue weighted by Gasteiger charge is -2.42. The number of urea groups is 1. The Balaban J connectivity index is 1.85. The summed E-state index contributed by atoms with van der Waals surface area (Å²) in [6.07, 6.45) is 2.28. The molecule has 0 radical (unpaired) electrons. The lowest BCUT2D eigenvalue weighted by Crippen LogP contribution is -2.56. The normalized spacial score (nSPS) is 27.7. The lowest BCUT2D eigenvalue weighted by molar-refractivity contribution is -0.143. The van der Waals surface area contributed by atoms with Gasteiger partial charge >= 0.3 is 12.0 Å². The maximum atomic E-state index is 12.6. The molecule has 2 atom stereocenters. The van der Waals surface area contributed by atoms with Gasteiger partial charge in [0.1, 0.15) is 0 Å². The minimum atomic E-state index is -0.734. The molecule has 0 aliphatic carbocycles. The van der Waals surface area contributed by atoms with E-state index in [-0.39, 0.29) is 18.0 Å². The van der Waals surface area contributed by atoms with Crippen molar-refractivity contribution in [1.82, 2.24) is 14.7 Å². The Labute approximate surface area is 126 Å². The number of aliphatic carboxylic acids is 1. The molecule has 6 nitrogen and oxygen atoms in total. The molecule has 2 aliphatic rings. The van der Waals surface area contributed by atoms with Gasteiger partial charge in [0.2, 0.25) is 0 Å². The van der Waals surface area contributed by atoms with Crippen molar-refractivity contribution in [1.29, 1.82) is 0 Å². The van der Waals surface area contributed by atoms with E-state index < -0.39 is 5.97 Å². The molecule has 21 heavy (non-hydrogen) atoms. The highest BCUT2D eigenvalue weighted by Gasteiger charge is 2.34. The van der Waals surface area contributed by atoms with Gasteiger partial charge < -0.3 is 14.9 Å². The molecule has 0 aromatic heterocycles. The van der Waals surface area contributed by atoms with Crippen LogP contribution in [0.15, 0.2) is 0 Å². The number of carbonyl (C=O) groups is 2. The van der Waals surface area contributed by atoms with Crippen LogP contribution >= 0.6 is 0 Å². The van der Waals surface area contributed by atoms with E-state index in [1.54, 1.807) is 0 Å². The van der Waals surface area contributed by atoms with Gasteiger partial charge in [-0.1, -0.05) is 6.92 Å². The van der Waals surface area contributed by atoms with Gasteiger partial charge in [-0.2, -0.15) is 0 Å². The molecule has 0 bridgehead atoms. The van der Waals surface area contributed by atoms with Crippen molar-refractivity contribution >= 4 is 12.0 Å². The SMILES string of the molecule is CCCN1CCN(C(=O)N2CCC(C(=O)O)CC2C)CC1. The second-order valence-corrected chi connectivity index (χ2v) is 6.21. The highest BCUT2D eigenvalue weighted by Crippen LogP contribution is 2.24. The van der Waals surface area contributed by atoms with Crippen molar-refractivity contribution in [3.63, 3.8) is 0 Å². The quantitative estimate of drug-likeness (QED) is 0.853. The average molecular weight is 297 g/mol. The largest absolute Gasteiger partial charge is 0.481 e. The molecule has 2 aliphatic heterocycles. The van der Waals surface area contributed by atoms with Gasteiger partial charge in [0.05, 0.1) is 5.92 Å². The number of piperazine rings is 1. The summed E-state index contributed by atoms with van der Waals surface area (Å²) >= 11 is 0. The zero-order valence-corrected chi connectivity index (χ0v) is 13.1. The number of carbonyl (C=O) groups excluding carboxylic acids is 1. The molecule has 2 saturated heterocycles. The van der Waals surface area contributed by atoms with E-state index in [0.717, 1.165) is 39.1 Å². The minimum Gasteiger partial charge on any atom is -0.481 e. The van der Waals surface area contributed by atoms with Crippen molar-refractivity contribution in [3.8, 4) is 0 Å². The number of hydrogen-bond donors (Lipinski definition) is 1. The van der Waals surface area contributed by atoms with Crippen molar-refractivity contribution in [2.24, 2.45) is 5.92 Å². The summed E-state index contributed by atoms with van der Waals surface area (Å²) in [5.41, 5.74) is 0. The molecule has 2 unspecified atom stereocenters. The Morgan fingerprint density at radius 2 is 1.81 bits per heavy atom. The number of rotatable bonds is 3. The van der Waals surface area contributed by atoms with Crippen molar-refractivity contribution < 1.29 is 14.7 Å². The summed E-state index contributed by atoms with van der Waals surface area (Å²) in [6.45, 7) is 9.24. The fourth-order valence-electron chi connectivity index (χ4n) is 3.34. The molecule has 2 fully saturated rings. The number of nitrogens with zero attached hydrogens (tertiary/aromatic N) is 3.